The number of nitrogens with one attached hydrogen (secondary N) is 1. The van der Waals surface area contributed by atoms with Crippen LogP contribution in [-0.2, 0) is 25.9 Å². The molecule has 4 aromatic carbocycles. The Balaban J connectivity index is 1.51. The number of amides is 1. The highest BCUT2D eigenvalue weighted by Crippen LogP contribution is 2.46. The first kappa shape index (κ1) is 41.3. The molecule has 1 amide bonds. The van der Waals surface area contributed by atoms with Crippen molar-refractivity contribution in [3.8, 4) is 11.5 Å². The van der Waals surface area contributed by atoms with Crippen LogP contribution in [0.4, 0.5) is 0 Å². The van der Waals surface area contributed by atoms with Crippen molar-refractivity contribution in [2.24, 2.45) is 5.73 Å². The van der Waals surface area contributed by atoms with E-state index in [0.29, 0.717) is 17.9 Å². The average molecular weight is 794 g/mol. The predicted molar refractivity (Wildman–Crippen MR) is 219 cm³/mol. The summed E-state index contributed by atoms with van der Waals surface area (Å²) < 4.78 is 32.8. The topological polar surface area (TPSA) is 164 Å². The summed E-state index contributed by atoms with van der Waals surface area (Å²) in [6.07, 6.45) is -3.07. The van der Waals surface area contributed by atoms with Crippen LogP contribution in [0.15, 0.2) is 119 Å². The molecule has 0 spiro atoms. The number of carbonyl (C=O) groups excluding carboxylic acids is 1. The molecule has 6 rings (SSSR count). The van der Waals surface area contributed by atoms with Crippen LogP contribution in [0.5, 0.6) is 11.5 Å². The lowest BCUT2D eigenvalue weighted by molar-refractivity contribution is -0.0958. The Hall–Kier alpha value is -5.31. The number of hydrogen-bond acceptors (Lipinski definition) is 9. The number of primary amides is 1. The number of methoxy groups -OCH3 is 2. The van der Waals surface area contributed by atoms with Gasteiger partial charge < -0.3 is 34.2 Å². The number of aromatic nitrogens is 2. The largest absolute Gasteiger partial charge is 0.497 e. The fourth-order valence-corrected chi connectivity index (χ4v) is 8.28. The van der Waals surface area contributed by atoms with Gasteiger partial charge in [-0.15, -0.1) is 0 Å². The first-order valence-electron chi connectivity index (χ1n) is 18.8. The van der Waals surface area contributed by atoms with Crippen LogP contribution in [0, 0.1) is 0 Å². The fourth-order valence-electron chi connectivity index (χ4n) is 6.99. The van der Waals surface area contributed by atoms with E-state index in [2.05, 4.69) is 44.0 Å². The molecular formula is C44H51N3O9Si. The second-order valence-corrected chi connectivity index (χ2v) is 20.5. The molecule has 5 aromatic rings. The van der Waals surface area contributed by atoms with Crippen molar-refractivity contribution in [2.45, 2.75) is 75.5 Å². The number of hydrogen-bond donors (Lipinski definition) is 3. The van der Waals surface area contributed by atoms with Gasteiger partial charge in [-0.25, -0.2) is 4.79 Å². The molecular weight excluding hydrogens is 743 g/mol. The Morgan fingerprint density at radius 2 is 1.42 bits per heavy atom. The van der Waals surface area contributed by atoms with Crippen molar-refractivity contribution in [3.05, 3.63) is 164 Å². The number of nitrogens with zero attached hydrogens (tertiary/aromatic N) is 1. The number of rotatable bonds is 14. The molecule has 13 heteroatoms. The summed E-state index contributed by atoms with van der Waals surface area (Å²) in [6, 6.07) is 33.5. The Kier molecular flexibility index (Phi) is 12.1. The van der Waals surface area contributed by atoms with Crippen LogP contribution in [0.3, 0.4) is 0 Å². The van der Waals surface area contributed by atoms with E-state index in [1.807, 2.05) is 98.0 Å². The van der Waals surface area contributed by atoms with Gasteiger partial charge in [-0.3, -0.25) is 19.1 Å². The van der Waals surface area contributed by atoms with E-state index < -0.39 is 61.2 Å². The molecule has 1 fully saturated rings. The van der Waals surface area contributed by atoms with E-state index in [-0.39, 0.29) is 11.6 Å². The molecule has 0 aliphatic carbocycles. The SMILES string of the molecule is COc1ccc(C(OC[C@H]2O[C@@H](n3cc(C(N)=O)c(=O)[nH]c3=O)[C@H](O[Si](C)(C)C(C)(C)C)[C@@H]2O)(c2ccc(OC)cc2)c2ccccc2Cc2ccccc2)cc1. The standard InChI is InChI=1S/C44H51N3O9Si/c1-43(2,3)57(6,7)56-38-37(48)36(55-41(38)47-26-34(39(45)49)40(50)46-42(47)51)27-54-44(30-17-21-32(52-4)22-18-30,31-19-23-33(53-5)24-20-31)35-16-12-11-15-29(35)25-28-13-9-8-10-14-28/h8-24,26,36-38,41,48H,25,27H2,1-7H3,(H2,45,49)(H,46,50,51)/t36-,37-,38-,41-/m1/s1. The third-order valence-electron chi connectivity index (χ3n) is 11.1. The number of carbonyl (C=O) groups is 1. The van der Waals surface area contributed by atoms with Gasteiger partial charge in [0, 0.05) is 6.20 Å². The molecule has 57 heavy (non-hydrogen) atoms. The predicted octanol–water partition coefficient (Wildman–Crippen LogP) is 5.90. The number of aliphatic hydroxyl groups is 1. The summed E-state index contributed by atoms with van der Waals surface area (Å²) in [4.78, 5) is 40.3. The van der Waals surface area contributed by atoms with E-state index in [1.165, 1.54) is 0 Å². The van der Waals surface area contributed by atoms with Crippen molar-refractivity contribution >= 4 is 14.2 Å². The van der Waals surface area contributed by atoms with Crippen LogP contribution in [0.2, 0.25) is 18.1 Å². The number of H-pyrrole nitrogens is 1. The minimum absolute atomic E-state index is 0.187. The summed E-state index contributed by atoms with van der Waals surface area (Å²) in [7, 11) is 0.569. The van der Waals surface area contributed by atoms with Crippen LogP contribution in [0.1, 0.15) is 65.2 Å². The van der Waals surface area contributed by atoms with Crippen molar-refractivity contribution in [1.82, 2.24) is 9.55 Å². The second-order valence-electron chi connectivity index (χ2n) is 15.7. The maximum Gasteiger partial charge on any atom is 0.330 e. The minimum atomic E-state index is -2.64. The van der Waals surface area contributed by atoms with Gasteiger partial charge in [-0.05, 0) is 76.6 Å². The normalized spacial score (nSPS) is 18.7. The summed E-state index contributed by atoms with van der Waals surface area (Å²) in [5.74, 6) is 0.289. The highest BCUT2D eigenvalue weighted by atomic mass is 28.4. The third-order valence-corrected chi connectivity index (χ3v) is 15.6. The summed E-state index contributed by atoms with van der Waals surface area (Å²) in [5, 5.41) is 11.9. The quantitative estimate of drug-likeness (QED) is 0.0918. The maximum atomic E-state index is 13.4. The molecule has 1 saturated heterocycles. The summed E-state index contributed by atoms with van der Waals surface area (Å²) >= 11 is 0. The van der Waals surface area contributed by atoms with Gasteiger partial charge >= 0.3 is 5.69 Å². The van der Waals surface area contributed by atoms with Crippen LogP contribution < -0.4 is 26.5 Å². The molecule has 4 atom stereocenters. The van der Waals surface area contributed by atoms with Gasteiger partial charge in [0.1, 0.15) is 41.0 Å². The highest BCUT2D eigenvalue weighted by molar-refractivity contribution is 6.74. The van der Waals surface area contributed by atoms with Crippen molar-refractivity contribution < 1.29 is 33.3 Å². The van der Waals surface area contributed by atoms with Gasteiger partial charge in [-0.1, -0.05) is 99.6 Å². The molecule has 1 aliphatic heterocycles. The molecule has 4 N–H and O–H groups in total. The van der Waals surface area contributed by atoms with Crippen molar-refractivity contribution in [2.75, 3.05) is 20.8 Å². The molecule has 1 aromatic heterocycles. The Morgan fingerprint density at radius 1 is 0.860 bits per heavy atom. The number of aliphatic hydroxyl groups excluding tert-OH is 1. The smallest absolute Gasteiger partial charge is 0.330 e. The first-order chi connectivity index (χ1) is 27.1. The van der Waals surface area contributed by atoms with E-state index in [0.717, 1.165) is 38.6 Å². The van der Waals surface area contributed by atoms with Gasteiger partial charge in [0.15, 0.2) is 14.5 Å². The zero-order chi connectivity index (χ0) is 41.1. The molecule has 12 nitrogen and oxygen atoms in total. The van der Waals surface area contributed by atoms with Gasteiger partial charge in [0.25, 0.3) is 11.5 Å². The second kappa shape index (κ2) is 16.7. The minimum Gasteiger partial charge on any atom is -0.497 e. The number of nitrogens with two attached hydrogens (primary N) is 1. The lowest BCUT2D eigenvalue weighted by Crippen LogP contribution is -2.50. The van der Waals surface area contributed by atoms with Gasteiger partial charge in [0.05, 0.1) is 20.8 Å². The van der Waals surface area contributed by atoms with Crippen LogP contribution in [-0.4, -0.2) is 68.0 Å². The number of benzene rings is 4. The monoisotopic (exact) mass is 793 g/mol. The highest BCUT2D eigenvalue weighted by Gasteiger charge is 2.52. The lowest BCUT2D eigenvalue weighted by Gasteiger charge is -2.40. The van der Waals surface area contributed by atoms with E-state index in [1.54, 1.807) is 14.2 Å². The Morgan fingerprint density at radius 3 is 1.96 bits per heavy atom. The molecule has 2 heterocycles. The Labute approximate surface area is 333 Å². The molecule has 0 saturated carbocycles. The molecule has 0 radical (unpaired) electrons. The van der Waals surface area contributed by atoms with Gasteiger partial charge in [0.2, 0.25) is 0 Å². The number of ether oxygens (including phenoxy) is 4. The maximum absolute atomic E-state index is 13.4. The third kappa shape index (κ3) is 8.39. The fraction of sp³-hybridized carbons (Fsp3) is 0.341. The zero-order valence-electron chi connectivity index (χ0n) is 33.4. The first-order valence-corrected chi connectivity index (χ1v) is 21.7. The van der Waals surface area contributed by atoms with Crippen LogP contribution in [0.25, 0.3) is 0 Å². The van der Waals surface area contributed by atoms with Crippen LogP contribution >= 0.6 is 0 Å². The molecule has 300 valence electrons. The lowest BCUT2D eigenvalue weighted by atomic mass is 9.77. The van der Waals surface area contributed by atoms with E-state index >= 15 is 0 Å². The van der Waals surface area contributed by atoms with E-state index in [9.17, 15) is 19.5 Å². The Bertz CT molecular complexity index is 2240. The summed E-state index contributed by atoms with van der Waals surface area (Å²) in [6.45, 7) is 10.0. The average Bonchev–Trinajstić information content (AvgIpc) is 3.48. The molecule has 0 bridgehead atoms. The molecule has 0 unspecified atom stereocenters. The number of aromatic amines is 1. The summed E-state index contributed by atoms with van der Waals surface area (Å²) in [5.41, 5.74) is 6.50. The van der Waals surface area contributed by atoms with Crippen molar-refractivity contribution in [1.29, 1.82) is 0 Å². The van der Waals surface area contributed by atoms with Gasteiger partial charge in [-0.2, -0.15) is 0 Å². The van der Waals surface area contributed by atoms with E-state index in [4.69, 9.17) is 29.1 Å². The molecule has 1 aliphatic rings. The zero-order valence-corrected chi connectivity index (χ0v) is 34.4. The van der Waals surface area contributed by atoms with Crippen molar-refractivity contribution in [3.63, 3.8) is 0 Å².